The first-order valence-electron chi connectivity index (χ1n) is 3.31. The van der Waals surface area contributed by atoms with Crippen LogP contribution in [0.3, 0.4) is 0 Å². The molecule has 0 bridgehead atoms. The summed E-state index contributed by atoms with van der Waals surface area (Å²) in [4.78, 5) is 10.8. The van der Waals surface area contributed by atoms with E-state index in [4.69, 9.17) is 11.6 Å². The van der Waals surface area contributed by atoms with Crippen LogP contribution in [-0.2, 0) is 4.79 Å². The Kier molecular flexibility index (Phi) is 2.65. The van der Waals surface area contributed by atoms with Crippen molar-refractivity contribution in [2.24, 2.45) is 0 Å². The maximum absolute atomic E-state index is 10.8. The molecule has 0 radical (unpaired) electrons. The number of hydrogen-bond acceptors (Lipinski definition) is 3. The van der Waals surface area contributed by atoms with E-state index in [0.29, 0.717) is 13.1 Å². The third kappa shape index (κ3) is 1.94. The summed E-state index contributed by atoms with van der Waals surface area (Å²) in [7, 11) is 0. The van der Waals surface area contributed by atoms with Gasteiger partial charge in [-0.2, -0.15) is 0 Å². The first-order chi connectivity index (χ1) is 4.70. The van der Waals surface area contributed by atoms with Gasteiger partial charge in [-0.1, -0.05) is 0 Å². The van der Waals surface area contributed by atoms with Crippen molar-refractivity contribution < 1.29 is 4.79 Å². The predicted octanol–water partition coefficient (Wildman–Crippen LogP) is -0.298. The lowest BCUT2D eigenvalue weighted by molar-refractivity contribution is -0.119. The van der Waals surface area contributed by atoms with E-state index in [1.54, 1.807) is 6.92 Å². The van der Waals surface area contributed by atoms with Crippen molar-refractivity contribution >= 4 is 17.4 Å². The van der Waals surface area contributed by atoms with Gasteiger partial charge in [0.05, 0.1) is 11.5 Å². The van der Waals surface area contributed by atoms with E-state index >= 15 is 0 Å². The highest BCUT2D eigenvalue weighted by molar-refractivity contribution is 6.20. The number of nitrogens with one attached hydrogen (secondary N) is 2. The maximum Gasteiger partial charge on any atom is 0.147 e. The van der Waals surface area contributed by atoms with Crippen LogP contribution >= 0.6 is 11.6 Å². The van der Waals surface area contributed by atoms with Gasteiger partial charge in [0.15, 0.2) is 0 Å². The lowest BCUT2D eigenvalue weighted by Gasteiger charge is -2.25. The van der Waals surface area contributed by atoms with Gasteiger partial charge in [-0.15, -0.1) is 11.6 Å². The number of rotatable bonds is 1. The molecule has 0 aromatic carbocycles. The molecule has 0 spiro atoms. The second-order valence-electron chi connectivity index (χ2n) is 2.45. The number of carbonyl (C=O) groups excluding carboxylic acids is 1. The molecule has 58 valence electrons. The molecule has 2 N–H and O–H groups in total. The summed E-state index contributed by atoms with van der Waals surface area (Å²) < 4.78 is 0. The Morgan fingerprint density at radius 1 is 1.50 bits per heavy atom. The van der Waals surface area contributed by atoms with Crippen LogP contribution in [0.1, 0.15) is 6.92 Å². The number of piperazine rings is 1. The topological polar surface area (TPSA) is 41.1 Å². The second kappa shape index (κ2) is 3.32. The van der Waals surface area contributed by atoms with Gasteiger partial charge in [0.25, 0.3) is 0 Å². The van der Waals surface area contributed by atoms with E-state index in [1.807, 2.05) is 0 Å². The van der Waals surface area contributed by atoms with Gasteiger partial charge in [-0.25, -0.2) is 0 Å². The fourth-order valence-electron chi connectivity index (χ4n) is 0.923. The zero-order valence-electron chi connectivity index (χ0n) is 5.86. The molecule has 2 unspecified atom stereocenters. The van der Waals surface area contributed by atoms with Crippen LogP contribution in [-0.4, -0.2) is 30.4 Å². The van der Waals surface area contributed by atoms with E-state index in [2.05, 4.69) is 10.6 Å². The third-order valence-corrected chi connectivity index (χ3v) is 1.89. The molecule has 0 aromatic rings. The Morgan fingerprint density at radius 2 is 2.20 bits per heavy atom. The number of ketones is 1. The van der Waals surface area contributed by atoms with E-state index < -0.39 is 0 Å². The molecule has 1 heterocycles. The molecular formula is C6H11ClN2O. The minimum Gasteiger partial charge on any atom is -0.304 e. The van der Waals surface area contributed by atoms with Gasteiger partial charge in [0, 0.05) is 13.1 Å². The van der Waals surface area contributed by atoms with Crippen molar-refractivity contribution in [3.8, 4) is 0 Å². The lowest BCUT2D eigenvalue weighted by Crippen LogP contribution is -2.54. The van der Waals surface area contributed by atoms with Gasteiger partial charge in [-0.05, 0) is 6.92 Å². The highest BCUT2D eigenvalue weighted by Gasteiger charge is 2.20. The van der Waals surface area contributed by atoms with Gasteiger partial charge in [-0.3, -0.25) is 10.1 Å². The van der Waals surface area contributed by atoms with Crippen LogP contribution in [0.15, 0.2) is 0 Å². The Morgan fingerprint density at radius 3 is 2.60 bits per heavy atom. The highest BCUT2D eigenvalue weighted by Crippen LogP contribution is 1.97. The Labute approximate surface area is 65.1 Å². The predicted molar refractivity (Wildman–Crippen MR) is 40.1 cm³/mol. The first-order valence-corrected chi connectivity index (χ1v) is 3.75. The van der Waals surface area contributed by atoms with Crippen LogP contribution in [0.25, 0.3) is 0 Å². The number of hydrogen-bond donors (Lipinski definition) is 2. The van der Waals surface area contributed by atoms with Crippen molar-refractivity contribution in [2.75, 3.05) is 13.1 Å². The zero-order valence-corrected chi connectivity index (χ0v) is 6.61. The summed E-state index contributed by atoms with van der Waals surface area (Å²) >= 11 is 5.70. The highest BCUT2D eigenvalue weighted by atomic mass is 35.5. The molecule has 0 amide bonds. The van der Waals surface area contributed by atoms with Crippen molar-refractivity contribution in [1.82, 2.24) is 10.6 Å². The quantitative estimate of drug-likeness (QED) is 0.411. The van der Waals surface area contributed by atoms with Crippen LogP contribution in [0, 0.1) is 0 Å². The van der Waals surface area contributed by atoms with Crippen LogP contribution in [0.4, 0.5) is 0 Å². The monoisotopic (exact) mass is 162 g/mol. The summed E-state index contributed by atoms with van der Waals surface area (Å²) in [6.45, 7) is 2.88. The number of Topliss-reactive ketones (excluding diaryl/α,β-unsaturated/α-hetero) is 1. The molecule has 10 heavy (non-hydrogen) atoms. The third-order valence-electron chi connectivity index (χ3n) is 1.58. The van der Waals surface area contributed by atoms with Gasteiger partial charge < -0.3 is 5.32 Å². The standard InChI is InChI=1S/C6H11ClN2O/c1-4(10)5-2-9-6(7)3-8-5/h5-6,8-9H,2-3H2,1H3. The molecule has 3 nitrogen and oxygen atoms in total. The van der Waals surface area contributed by atoms with Crippen LogP contribution in [0.2, 0.25) is 0 Å². The molecule has 0 aromatic heterocycles. The second-order valence-corrected chi connectivity index (χ2v) is 2.97. The molecular weight excluding hydrogens is 152 g/mol. The summed E-state index contributed by atoms with van der Waals surface area (Å²) in [5, 5.41) is 6.02. The van der Waals surface area contributed by atoms with E-state index in [-0.39, 0.29) is 17.3 Å². The Balaban J connectivity index is 2.33. The van der Waals surface area contributed by atoms with Gasteiger partial charge in [0.1, 0.15) is 5.78 Å². The lowest BCUT2D eigenvalue weighted by atomic mass is 10.2. The minimum atomic E-state index is -0.0463. The van der Waals surface area contributed by atoms with Gasteiger partial charge >= 0.3 is 0 Å². The van der Waals surface area contributed by atoms with Crippen molar-refractivity contribution in [3.63, 3.8) is 0 Å². The fraction of sp³-hybridized carbons (Fsp3) is 0.833. The van der Waals surface area contributed by atoms with Gasteiger partial charge in [0.2, 0.25) is 0 Å². The van der Waals surface area contributed by atoms with Crippen molar-refractivity contribution in [1.29, 1.82) is 0 Å². The minimum absolute atomic E-state index is 0.0319. The maximum atomic E-state index is 10.8. The fourth-order valence-corrected chi connectivity index (χ4v) is 1.10. The molecule has 4 heteroatoms. The molecule has 1 aliphatic rings. The Bertz CT molecular complexity index is 132. The average molecular weight is 163 g/mol. The summed E-state index contributed by atoms with van der Waals surface area (Å²) in [6.07, 6.45) is 0. The number of alkyl halides is 1. The largest absolute Gasteiger partial charge is 0.304 e. The SMILES string of the molecule is CC(=O)C1CNC(Cl)CN1. The Hall–Kier alpha value is -0.120. The summed E-state index contributed by atoms with van der Waals surface area (Å²) in [5.41, 5.74) is -0.0319. The molecule has 1 fully saturated rings. The van der Waals surface area contributed by atoms with Crippen molar-refractivity contribution in [2.45, 2.75) is 18.5 Å². The van der Waals surface area contributed by atoms with Crippen LogP contribution < -0.4 is 10.6 Å². The number of carbonyl (C=O) groups is 1. The molecule has 1 saturated heterocycles. The molecule has 2 atom stereocenters. The van der Waals surface area contributed by atoms with E-state index in [0.717, 1.165) is 0 Å². The molecule has 1 aliphatic heterocycles. The average Bonchev–Trinajstić information content (AvgIpc) is 1.88. The zero-order chi connectivity index (χ0) is 7.56. The van der Waals surface area contributed by atoms with Crippen molar-refractivity contribution in [3.05, 3.63) is 0 Å². The normalized spacial score (nSPS) is 33.8. The molecule has 0 saturated carbocycles. The smallest absolute Gasteiger partial charge is 0.147 e. The molecule has 0 aliphatic carbocycles. The first kappa shape index (κ1) is 7.98. The summed E-state index contributed by atoms with van der Waals surface area (Å²) in [5.74, 6) is 0.163. The number of halogens is 1. The van der Waals surface area contributed by atoms with Crippen LogP contribution in [0.5, 0.6) is 0 Å². The van der Waals surface area contributed by atoms with E-state index in [9.17, 15) is 4.79 Å². The summed E-state index contributed by atoms with van der Waals surface area (Å²) in [6, 6.07) is -0.0463. The van der Waals surface area contributed by atoms with E-state index in [1.165, 1.54) is 0 Å². The molecule has 1 rings (SSSR count).